The van der Waals surface area contributed by atoms with Gasteiger partial charge in [0.05, 0.1) is 12.2 Å². The first-order valence-corrected chi connectivity index (χ1v) is 7.77. The maximum absolute atomic E-state index is 11.9. The number of aryl methyl sites for hydroxylation is 1. The molecule has 0 radical (unpaired) electrons. The van der Waals surface area contributed by atoms with E-state index in [1.807, 2.05) is 26.8 Å². The average molecular weight is 320 g/mol. The molecule has 0 saturated heterocycles. The summed E-state index contributed by atoms with van der Waals surface area (Å²) >= 11 is 0. The number of nitrogens with one attached hydrogen (secondary N) is 2. The van der Waals surface area contributed by atoms with Gasteiger partial charge in [-0.05, 0) is 33.1 Å². The van der Waals surface area contributed by atoms with Crippen LogP contribution in [0, 0.1) is 12.8 Å². The zero-order valence-corrected chi connectivity index (χ0v) is 14.3. The van der Waals surface area contributed by atoms with E-state index in [0.29, 0.717) is 11.7 Å². The third-order valence-corrected chi connectivity index (χ3v) is 3.16. The highest BCUT2D eigenvalue weighted by Crippen LogP contribution is 2.10. The van der Waals surface area contributed by atoms with Gasteiger partial charge in [-0.3, -0.25) is 5.32 Å². The van der Waals surface area contributed by atoms with E-state index in [4.69, 9.17) is 4.52 Å². The van der Waals surface area contributed by atoms with E-state index in [0.717, 1.165) is 17.9 Å². The number of hydrogen-bond donors (Lipinski definition) is 2. The molecule has 2 N–H and O–H groups in total. The molecule has 126 valence electrons. The molecule has 8 nitrogen and oxygen atoms in total. The Hall–Kier alpha value is -2.38. The lowest BCUT2D eigenvalue weighted by atomic mass is 10.1. The fourth-order valence-electron chi connectivity index (χ4n) is 2.21. The maximum atomic E-state index is 11.9. The van der Waals surface area contributed by atoms with Crippen LogP contribution in [0.2, 0.25) is 0 Å². The lowest BCUT2D eigenvalue weighted by Crippen LogP contribution is -2.28. The molecule has 2 heterocycles. The second-order valence-electron chi connectivity index (χ2n) is 6.21. The summed E-state index contributed by atoms with van der Waals surface area (Å²) in [4.78, 5) is 16.1. The number of amides is 2. The summed E-state index contributed by atoms with van der Waals surface area (Å²) in [6, 6.07) is 1.67. The van der Waals surface area contributed by atoms with Crippen LogP contribution in [0.5, 0.6) is 0 Å². The average Bonchev–Trinajstić information content (AvgIpc) is 3.02. The van der Waals surface area contributed by atoms with E-state index in [9.17, 15) is 4.79 Å². The molecule has 0 spiro atoms. The van der Waals surface area contributed by atoms with Gasteiger partial charge in [-0.15, -0.1) is 5.10 Å². The van der Waals surface area contributed by atoms with Crippen LogP contribution in [0.3, 0.4) is 0 Å². The Labute approximate surface area is 135 Å². The maximum Gasteiger partial charge on any atom is 0.322 e. The van der Waals surface area contributed by atoms with Crippen molar-refractivity contribution in [3.8, 4) is 0 Å². The molecule has 0 saturated carbocycles. The van der Waals surface area contributed by atoms with E-state index < -0.39 is 0 Å². The fourth-order valence-corrected chi connectivity index (χ4v) is 2.21. The molecule has 2 aromatic heterocycles. The molecule has 0 aromatic carbocycles. The highest BCUT2D eigenvalue weighted by atomic mass is 16.5. The zero-order valence-electron chi connectivity index (χ0n) is 14.3. The van der Waals surface area contributed by atoms with E-state index in [1.165, 1.54) is 0 Å². The first kappa shape index (κ1) is 17.0. The summed E-state index contributed by atoms with van der Waals surface area (Å²) in [6.07, 6.45) is 0.853. The number of anilines is 1. The fraction of sp³-hybridized carbons (Fsp3) is 0.600. The summed E-state index contributed by atoms with van der Waals surface area (Å²) < 4.78 is 6.95. The minimum atomic E-state index is -0.382. The van der Waals surface area contributed by atoms with Gasteiger partial charge in [-0.2, -0.15) is 4.98 Å². The molecular formula is C15H24N6O2. The second-order valence-corrected chi connectivity index (χ2v) is 6.21. The largest absolute Gasteiger partial charge is 0.359 e. The highest BCUT2D eigenvalue weighted by Gasteiger charge is 2.12. The first-order chi connectivity index (χ1) is 10.8. The quantitative estimate of drug-likeness (QED) is 0.852. The number of carbonyl (C=O) groups is 1. The molecule has 2 aromatic rings. The summed E-state index contributed by atoms with van der Waals surface area (Å²) in [5.74, 6) is 2.16. The van der Waals surface area contributed by atoms with Crippen LogP contribution >= 0.6 is 0 Å². The van der Waals surface area contributed by atoms with E-state index >= 15 is 0 Å². The molecule has 2 rings (SSSR count). The highest BCUT2D eigenvalue weighted by molar-refractivity contribution is 5.87. The van der Waals surface area contributed by atoms with Gasteiger partial charge in [0.2, 0.25) is 5.95 Å². The molecule has 8 heteroatoms. The second kappa shape index (κ2) is 7.26. The van der Waals surface area contributed by atoms with Crippen molar-refractivity contribution < 1.29 is 9.32 Å². The Morgan fingerprint density at radius 3 is 2.70 bits per heavy atom. The van der Waals surface area contributed by atoms with Gasteiger partial charge in [0.15, 0.2) is 5.76 Å². The zero-order chi connectivity index (χ0) is 17.0. The predicted octanol–water partition coefficient (Wildman–Crippen LogP) is 2.68. The van der Waals surface area contributed by atoms with Crippen LogP contribution < -0.4 is 10.6 Å². The molecule has 0 fully saturated rings. The van der Waals surface area contributed by atoms with Crippen LogP contribution in [-0.4, -0.2) is 26.0 Å². The van der Waals surface area contributed by atoms with Crippen molar-refractivity contribution in [3.63, 3.8) is 0 Å². The van der Waals surface area contributed by atoms with Crippen molar-refractivity contribution >= 4 is 12.0 Å². The Balaban J connectivity index is 1.85. The van der Waals surface area contributed by atoms with Crippen LogP contribution in [0.25, 0.3) is 0 Å². The molecule has 0 aliphatic rings. The number of aromatic nitrogens is 4. The minimum Gasteiger partial charge on any atom is -0.359 e. The number of urea groups is 1. The summed E-state index contributed by atoms with van der Waals surface area (Å²) in [5.41, 5.74) is 0.894. The smallest absolute Gasteiger partial charge is 0.322 e. The van der Waals surface area contributed by atoms with Gasteiger partial charge < -0.3 is 9.84 Å². The van der Waals surface area contributed by atoms with Gasteiger partial charge in [-0.25, -0.2) is 9.48 Å². The normalized spacial score (nSPS) is 11.3. The Morgan fingerprint density at radius 2 is 2.09 bits per heavy atom. The number of hydrogen-bond acceptors (Lipinski definition) is 5. The van der Waals surface area contributed by atoms with Crippen LogP contribution in [-0.2, 0) is 13.0 Å². The molecule has 2 amide bonds. The van der Waals surface area contributed by atoms with Crippen molar-refractivity contribution in [2.45, 2.75) is 53.6 Å². The van der Waals surface area contributed by atoms with Crippen LogP contribution in [0.4, 0.5) is 10.7 Å². The number of nitrogens with zero attached hydrogens (tertiary/aromatic N) is 4. The standard InChI is InChI=1S/C15H24N6O2/c1-9(2)6-12-7-13(23-20-12)8-16-15(22)18-14-17-11(5)21(19-14)10(3)4/h7,9-10H,6,8H2,1-5H3,(H2,16,18,19,22). The molecule has 0 aliphatic carbocycles. The lowest BCUT2D eigenvalue weighted by molar-refractivity contribution is 0.250. The lowest BCUT2D eigenvalue weighted by Gasteiger charge is -2.05. The van der Waals surface area contributed by atoms with Gasteiger partial charge >= 0.3 is 6.03 Å². The molecule has 0 unspecified atom stereocenters. The van der Waals surface area contributed by atoms with E-state index in [1.54, 1.807) is 4.68 Å². The SMILES string of the molecule is Cc1nc(NC(=O)NCc2cc(CC(C)C)no2)nn1C(C)C. The Kier molecular flexibility index (Phi) is 5.36. The van der Waals surface area contributed by atoms with Gasteiger partial charge in [-0.1, -0.05) is 19.0 Å². The molecule has 23 heavy (non-hydrogen) atoms. The van der Waals surface area contributed by atoms with Gasteiger partial charge in [0.25, 0.3) is 0 Å². The topological polar surface area (TPSA) is 97.9 Å². The summed E-state index contributed by atoms with van der Waals surface area (Å²) in [6.45, 7) is 10.4. The van der Waals surface area contributed by atoms with Crippen LogP contribution in [0.1, 0.15) is 51.0 Å². The minimum absolute atomic E-state index is 0.190. The third-order valence-electron chi connectivity index (χ3n) is 3.16. The third kappa shape index (κ3) is 4.80. The van der Waals surface area contributed by atoms with E-state index in [-0.39, 0.29) is 24.6 Å². The first-order valence-electron chi connectivity index (χ1n) is 7.77. The molecule has 0 atom stereocenters. The Morgan fingerprint density at radius 1 is 1.35 bits per heavy atom. The van der Waals surface area contributed by atoms with Crippen molar-refractivity contribution in [1.82, 2.24) is 25.2 Å². The number of carbonyl (C=O) groups excluding carboxylic acids is 1. The summed E-state index contributed by atoms with van der Waals surface area (Å²) in [5, 5.41) is 13.5. The van der Waals surface area contributed by atoms with Crippen molar-refractivity contribution in [2.75, 3.05) is 5.32 Å². The molecule has 0 bridgehead atoms. The molecular weight excluding hydrogens is 296 g/mol. The number of rotatable bonds is 6. The van der Waals surface area contributed by atoms with Crippen molar-refractivity contribution in [3.05, 3.63) is 23.3 Å². The van der Waals surface area contributed by atoms with Gasteiger partial charge in [0.1, 0.15) is 5.82 Å². The predicted molar refractivity (Wildman–Crippen MR) is 86.0 cm³/mol. The van der Waals surface area contributed by atoms with Crippen molar-refractivity contribution in [2.24, 2.45) is 5.92 Å². The van der Waals surface area contributed by atoms with Crippen LogP contribution in [0.15, 0.2) is 10.6 Å². The van der Waals surface area contributed by atoms with Crippen molar-refractivity contribution in [1.29, 1.82) is 0 Å². The van der Waals surface area contributed by atoms with E-state index in [2.05, 4.69) is 39.7 Å². The Bertz CT molecular complexity index is 659. The molecule has 0 aliphatic heterocycles. The summed E-state index contributed by atoms with van der Waals surface area (Å²) in [7, 11) is 0. The van der Waals surface area contributed by atoms with Gasteiger partial charge in [0, 0.05) is 12.1 Å². The monoisotopic (exact) mass is 320 g/mol.